The standard InChI is InChI=1S/C23H13BrClNO5/c24-15-4-8-17(9-5-15)26-21(28)18-10-3-14(11-19(18)22(26)29)23(30)31-12-20(27)13-1-6-16(25)7-2-13/h1-11H,12H2. The molecule has 0 fully saturated rings. The number of fused-ring (bicyclic) bond motifs is 1. The van der Waals surface area contributed by atoms with Gasteiger partial charge in [-0.15, -0.1) is 0 Å². The van der Waals surface area contributed by atoms with Crippen molar-refractivity contribution in [2.45, 2.75) is 0 Å². The summed E-state index contributed by atoms with van der Waals surface area (Å²) in [7, 11) is 0. The second-order valence-corrected chi connectivity index (χ2v) is 8.04. The minimum Gasteiger partial charge on any atom is -0.454 e. The molecule has 3 aromatic rings. The van der Waals surface area contributed by atoms with Gasteiger partial charge in [0.05, 0.1) is 22.4 Å². The Bertz CT molecular complexity index is 1220. The molecule has 1 aliphatic heterocycles. The van der Waals surface area contributed by atoms with E-state index in [1.165, 1.54) is 30.3 Å². The first-order valence-electron chi connectivity index (χ1n) is 9.09. The van der Waals surface area contributed by atoms with Gasteiger partial charge in [0, 0.05) is 15.1 Å². The molecule has 154 valence electrons. The maximum atomic E-state index is 12.8. The number of amides is 2. The second kappa shape index (κ2) is 8.45. The molecule has 0 saturated carbocycles. The Kier molecular flexibility index (Phi) is 5.71. The number of nitrogens with zero attached hydrogens (tertiary/aromatic N) is 1. The summed E-state index contributed by atoms with van der Waals surface area (Å²) in [5.74, 6) is -2.17. The summed E-state index contributed by atoms with van der Waals surface area (Å²) in [5.41, 5.74) is 1.15. The largest absolute Gasteiger partial charge is 0.454 e. The van der Waals surface area contributed by atoms with E-state index in [4.69, 9.17) is 16.3 Å². The molecular weight excluding hydrogens is 486 g/mol. The van der Waals surface area contributed by atoms with Crippen molar-refractivity contribution in [3.8, 4) is 0 Å². The molecule has 31 heavy (non-hydrogen) atoms. The summed E-state index contributed by atoms with van der Waals surface area (Å²) in [6.45, 7) is -0.463. The number of hydrogen-bond acceptors (Lipinski definition) is 5. The third kappa shape index (κ3) is 4.15. The number of benzene rings is 3. The monoisotopic (exact) mass is 497 g/mol. The van der Waals surface area contributed by atoms with E-state index in [0.29, 0.717) is 16.3 Å². The van der Waals surface area contributed by atoms with Crippen LogP contribution in [0, 0.1) is 0 Å². The van der Waals surface area contributed by atoms with Crippen molar-refractivity contribution in [3.63, 3.8) is 0 Å². The van der Waals surface area contributed by atoms with E-state index >= 15 is 0 Å². The molecule has 0 spiro atoms. The van der Waals surface area contributed by atoms with Gasteiger partial charge in [-0.3, -0.25) is 14.4 Å². The molecular formula is C23H13BrClNO5. The number of imide groups is 1. The van der Waals surface area contributed by atoms with Gasteiger partial charge in [0.2, 0.25) is 0 Å². The lowest BCUT2D eigenvalue weighted by Crippen LogP contribution is -2.29. The van der Waals surface area contributed by atoms with E-state index < -0.39 is 24.4 Å². The van der Waals surface area contributed by atoms with Crippen molar-refractivity contribution in [2.24, 2.45) is 0 Å². The van der Waals surface area contributed by atoms with Gasteiger partial charge >= 0.3 is 5.97 Å². The van der Waals surface area contributed by atoms with Crippen LogP contribution in [0.1, 0.15) is 41.4 Å². The van der Waals surface area contributed by atoms with E-state index in [0.717, 1.165) is 9.37 Å². The third-order valence-electron chi connectivity index (χ3n) is 4.71. The van der Waals surface area contributed by atoms with Crippen LogP contribution in [0.5, 0.6) is 0 Å². The number of anilines is 1. The lowest BCUT2D eigenvalue weighted by atomic mass is 10.1. The van der Waals surface area contributed by atoms with Gasteiger partial charge in [0.1, 0.15) is 0 Å². The molecule has 0 unspecified atom stereocenters. The van der Waals surface area contributed by atoms with Crippen LogP contribution in [-0.4, -0.2) is 30.2 Å². The maximum absolute atomic E-state index is 12.8. The van der Waals surface area contributed by atoms with Crippen molar-refractivity contribution < 1.29 is 23.9 Å². The van der Waals surface area contributed by atoms with Gasteiger partial charge < -0.3 is 4.74 Å². The minimum absolute atomic E-state index is 0.0708. The predicted octanol–water partition coefficient (Wildman–Crippen LogP) is 4.94. The average molecular weight is 499 g/mol. The zero-order valence-electron chi connectivity index (χ0n) is 15.8. The van der Waals surface area contributed by atoms with E-state index in [1.807, 2.05) is 0 Å². The summed E-state index contributed by atoms with van der Waals surface area (Å²) in [6.07, 6.45) is 0. The van der Waals surface area contributed by atoms with E-state index in [2.05, 4.69) is 15.9 Å². The van der Waals surface area contributed by atoms with Gasteiger partial charge in [-0.25, -0.2) is 9.69 Å². The van der Waals surface area contributed by atoms with Crippen molar-refractivity contribution in [3.05, 3.63) is 98.5 Å². The minimum atomic E-state index is -0.771. The Morgan fingerprint density at radius 1 is 0.839 bits per heavy atom. The quantitative estimate of drug-likeness (QED) is 0.283. The molecule has 0 saturated heterocycles. The van der Waals surface area contributed by atoms with Crippen molar-refractivity contribution >= 4 is 56.8 Å². The number of ketones is 1. The lowest BCUT2D eigenvalue weighted by molar-refractivity contribution is 0.0474. The number of Topliss-reactive ketones (excluding diaryl/α,β-unsaturated/α-hetero) is 1. The number of hydrogen-bond donors (Lipinski definition) is 0. The Labute approximate surface area is 190 Å². The highest BCUT2D eigenvalue weighted by Crippen LogP contribution is 2.30. The fourth-order valence-electron chi connectivity index (χ4n) is 3.13. The summed E-state index contributed by atoms with van der Waals surface area (Å²) in [5, 5.41) is 0.489. The van der Waals surface area contributed by atoms with Crippen LogP contribution in [0.15, 0.2) is 71.2 Å². The smallest absolute Gasteiger partial charge is 0.338 e. The molecule has 1 heterocycles. The predicted molar refractivity (Wildman–Crippen MR) is 118 cm³/mol. The number of rotatable bonds is 5. The molecule has 0 atom stereocenters. The molecule has 6 nitrogen and oxygen atoms in total. The van der Waals surface area contributed by atoms with Gasteiger partial charge in [-0.05, 0) is 66.7 Å². The first-order chi connectivity index (χ1) is 14.8. The number of ether oxygens (including phenoxy) is 1. The van der Waals surface area contributed by atoms with Crippen molar-refractivity contribution in [1.82, 2.24) is 0 Å². The van der Waals surface area contributed by atoms with Gasteiger partial charge in [0.15, 0.2) is 12.4 Å². The Hall–Kier alpha value is -3.29. The Morgan fingerprint density at radius 2 is 1.45 bits per heavy atom. The van der Waals surface area contributed by atoms with Crippen LogP contribution in [0.3, 0.4) is 0 Å². The summed E-state index contributed by atoms with van der Waals surface area (Å²) in [4.78, 5) is 51.1. The van der Waals surface area contributed by atoms with E-state index in [9.17, 15) is 19.2 Å². The number of carbonyl (C=O) groups is 4. The van der Waals surface area contributed by atoms with Gasteiger partial charge in [0.25, 0.3) is 11.8 Å². The Morgan fingerprint density at radius 3 is 2.13 bits per heavy atom. The highest BCUT2D eigenvalue weighted by atomic mass is 79.9. The number of halogens is 2. The molecule has 1 aliphatic rings. The van der Waals surface area contributed by atoms with E-state index in [-0.39, 0.29) is 22.5 Å². The summed E-state index contributed by atoms with van der Waals surface area (Å²) >= 11 is 9.11. The SMILES string of the molecule is O=C(COC(=O)c1ccc2c(c1)C(=O)N(c1ccc(Br)cc1)C2=O)c1ccc(Cl)cc1. The van der Waals surface area contributed by atoms with Crippen molar-refractivity contribution in [2.75, 3.05) is 11.5 Å². The van der Waals surface area contributed by atoms with Crippen LogP contribution in [-0.2, 0) is 4.74 Å². The third-order valence-corrected chi connectivity index (χ3v) is 5.49. The fraction of sp³-hybridized carbons (Fsp3) is 0.0435. The molecule has 8 heteroatoms. The van der Waals surface area contributed by atoms with Crippen LogP contribution in [0.4, 0.5) is 5.69 Å². The van der Waals surface area contributed by atoms with Crippen molar-refractivity contribution in [1.29, 1.82) is 0 Å². The second-order valence-electron chi connectivity index (χ2n) is 6.69. The highest BCUT2D eigenvalue weighted by molar-refractivity contribution is 9.10. The molecule has 3 aromatic carbocycles. The van der Waals surface area contributed by atoms with Gasteiger partial charge in [-0.2, -0.15) is 0 Å². The zero-order chi connectivity index (χ0) is 22.1. The maximum Gasteiger partial charge on any atom is 0.338 e. The molecule has 0 bridgehead atoms. The summed E-state index contributed by atoms with van der Waals surface area (Å²) < 4.78 is 5.90. The summed E-state index contributed by atoms with van der Waals surface area (Å²) in [6, 6.07) is 17.0. The first kappa shape index (κ1) is 21.0. The number of carbonyl (C=O) groups excluding carboxylic acids is 4. The molecule has 0 N–H and O–H groups in total. The average Bonchev–Trinajstić information content (AvgIpc) is 3.02. The first-order valence-corrected chi connectivity index (χ1v) is 10.3. The van der Waals surface area contributed by atoms with Gasteiger partial charge in [-0.1, -0.05) is 27.5 Å². The van der Waals surface area contributed by atoms with Crippen LogP contribution >= 0.6 is 27.5 Å². The molecule has 0 aromatic heterocycles. The van der Waals surface area contributed by atoms with Crippen LogP contribution in [0.2, 0.25) is 5.02 Å². The molecule has 4 rings (SSSR count). The Balaban J connectivity index is 1.50. The van der Waals surface area contributed by atoms with Crippen LogP contribution < -0.4 is 4.90 Å². The zero-order valence-corrected chi connectivity index (χ0v) is 18.1. The van der Waals surface area contributed by atoms with E-state index in [1.54, 1.807) is 36.4 Å². The highest BCUT2D eigenvalue weighted by Gasteiger charge is 2.37. The lowest BCUT2D eigenvalue weighted by Gasteiger charge is -2.13. The normalized spacial score (nSPS) is 12.6. The topological polar surface area (TPSA) is 80.8 Å². The number of esters is 1. The molecule has 2 amide bonds. The molecule has 0 aliphatic carbocycles. The molecule has 0 radical (unpaired) electrons. The fourth-order valence-corrected chi connectivity index (χ4v) is 3.52. The van der Waals surface area contributed by atoms with Crippen LogP contribution in [0.25, 0.3) is 0 Å².